The van der Waals surface area contributed by atoms with Gasteiger partial charge in [-0.25, -0.2) is 0 Å². The molecule has 1 atom stereocenters. The van der Waals surface area contributed by atoms with Crippen molar-refractivity contribution in [2.45, 2.75) is 51.6 Å². The van der Waals surface area contributed by atoms with Crippen molar-refractivity contribution in [3.63, 3.8) is 0 Å². The van der Waals surface area contributed by atoms with E-state index in [2.05, 4.69) is 28.9 Å². The van der Waals surface area contributed by atoms with E-state index in [0.29, 0.717) is 19.1 Å². The zero-order valence-corrected chi connectivity index (χ0v) is 15.9. The zero-order chi connectivity index (χ0) is 18.1. The van der Waals surface area contributed by atoms with Crippen molar-refractivity contribution in [1.29, 1.82) is 0 Å². The molecule has 0 bridgehead atoms. The highest BCUT2D eigenvalue weighted by Gasteiger charge is 2.28. The number of nitrogens with one attached hydrogen (secondary N) is 1. The lowest BCUT2D eigenvalue weighted by Crippen LogP contribution is -2.47. The minimum atomic E-state index is 0.272. The first-order chi connectivity index (χ1) is 12.7. The molecule has 140 valence electrons. The van der Waals surface area contributed by atoms with Crippen molar-refractivity contribution in [2.75, 3.05) is 26.7 Å². The molecule has 3 heterocycles. The number of likely N-dealkylation sites (tertiary alicyclic amines) is 1. The molecule has 1 aromatic carbocycles. The number of carbonyl (C=O) groups excluding carboxylic acids is 1. The molecular weight excluding hydrogens is 326 g/mol. The highest BCUT2D eigenvalue weighted by atomic mass is 16.5. The lowest BCUT2D eigenvalue weighted by Gasteiger charge is -2.36. The molecule has 0 aliphatic carbocycles. The average molecular weight is 355 g/mol. The molecule has 1 amide bonds. The van der Waals surface area contributed by atoms with E-state index in [-0.39, 0.29) is 5.91 Å². The summed E-state index contributed by atoms with van der Waals surface area (Å²) in [6.45, 7) is 5.37. The molecular formula is C21H29N3O2. The molecule has 1 fully saturated rings. The van der Waals surface area contributed by atoms with Gasteiger partial charge in [-0.05, 0) is 44.0 Å². The molecule has 1 unspecified atom stereocenters. The third-order valence-electron chi connectivity index (χ3n) is 6.09. The molecule has 5 nitrogen and oxygen atoms in total. The standard InChI is InChI=1S/C21H29N3O2/c1-3-15-6-4-5-10-23(15)14-21(25)24-11-9-20-18(13-24)17-12-16(26-2)7-8-19(17)22-20/h7-8,12,15,22H,3-6,9-11,13-14H2,1-2H3. The maximum atomic E-state index is 13.0. The molecule has 2 aliphatic heterocycles. The van der Waals surface area contributed by atoms with Crippen LogP contribution in [0.25, 0.3) is 10.9 Å². The van der Waals surface area contributed by atoms with Gasteiger partial charge in [-0.1, -0.05) is 13.3 Å². The fourth-order valence-electron chi connectivity index (χ4n) is 4.54. The molecule has 26 heavy (non-hydrogen) atoms. The van der Waals surface area contributed by atoms with Crippen LogP contribution in [-0.4, -0.2) is 53.5 Å². The summed E-state index contributed by atoms with van der Waals surface area (Å²) in [5.74, 6) is 1.13. The number of nitrogens with zero attached hydrogens (tertiary/aromatic N) is 2. The van der Waals surface area contributed by atoms with Gasteiger partial charge < -0.3 is 14.6 Å². The number of aromatic amines is 1. The van der Waals surface area contributed by atoms with Gasteiger partial charge in [0, 0.05) is 47.7 Å². The van der Waals surface area contributed by atoms with Gasteiger partial charge in [0.15, 0.2) is 0 Å². The van der Waals surface area contributed by atoms with Crippen molar-refractivity contribution in [3.05, 3.63) is 29.5 Å². The predicted octanol–water partition coefficient (Wildman–Crippen LogP) is 3.33. The van der Waals surface area contributed by atoms with Crippen LogP contribution in [0, 0.1) is 0 Å². The fraction of sp³-hybridized carbons (Fsp3) is 0.571. The number of hydrogen-bond donors (Lipinski definition) is 1. The number of carbonyl (C=O) groups is 1. The molecule has 1 N–H and O–H groups in total. The van der Waals surface area contributed by atoms with Crippen LogP contribution in [0.2, 0.25) is 0 Å². The van der Waals surface area contributed by atoms with E-state index >= 15 is 0 Å². The summed E-state index contributed by atoms with van der Waals surface area (Å²) < 4.78 is 5.38. The van der Waals surface area contributed by atoms with Crippen LogP contribution >= 0.6 is 0 Å². The summed E-state index contributed by atoms with van der Waals surface area (Å²) in [5, 5.41) is 1.18. The van der Waals surface area contributed by atoms with Gasteiger partial charge in [-0.2, -0.15) is 0 Å². The highest BCUT2D eigenvalue weighted by Crippen LogP contribution is 2.30. The Morgan fingerprint density at radius 1 is 1.31 bits per heavy atom. The number of methoxy groups -OCH3 is 1. The molecule has 5 heteroatoms. The van der Waals surface area contributed by atoms with Crippen molar-refractivity contribution in [1.82, 2.24) is 14.8 Å². The van der Waals surface area contributed by atoms with Gasteiger partial charge in [0.1, 0.15) is 5.75 Å². The predicted molar refractivity (Wildman–Crippen MR) is 103 cm³/mol. The van der Waals surface area contributed by atoms with Crippen LogP contribution in [0.4, 0.5) is 0 Å². The topological polar surface area (TPSA) is 48.6 Å². The Labute approximate surface area is 155 Å². The van der Waals surface area contributed by atoms with Crippen molar-refractivity contribution in [2.24, 2.45) is 0 Å². The van der Waals surface area contributed by atoms with Crippen LogP contribution in [0.5, 0.6) is 5.75 Å². The number of amides is 1. The average Bonchev–Trinajstić information content (AvgIpc) is 3.05. The Balaban J connectivity index is 1.51. The van der Waals surface area contributed by atoms with Gasteiger partial charge in [0.2, 0.25) is 5.91 Å². The number of benzene rings is 1. The van der Waals surface area contributed by atoms with Crippen LogP contribution in [0.15, 0.2) is 18.2 Å². The Kier molecular flexibility index (Phi) is 4.90. The lowest BCUT2D eigenvalue weighted by atomic mass is 10.00. The molecule has 0 saturated carbocycles. The van der Waals surface area contributed by atoms with E-state index in [1.807, 2.05) is 11.0 Å². The Morgan fingerprint density at radius 3 is 3.00 bits per heavy atom. The first-order valence-electron chi connectivity index (χ1n) is 9.89. The van der Waals surface area contributed by atoms with E-state index in [4.69, 9.17) is 4.74 Å². The van der Waals surface area contributed by atoms with Crippen LogP contribution in [0.3, 0.4) is 0 Å². The Hall–Kier alpha value is -2.01. The number of ether oxygens (including phenoxy) is 1. The molecule has 1 aromatic heterocycles. The Morgan fingerprint density at radius 2 is 2.19 bits per heavy atom. The number of hydrogen-bond acceptors (Lipinski definition) is 3. The second-order valence-electron chi connectivity index (χ2n) is 7.59. The number of H-pyrrole nitrogens is 1. The second kappa shape index (κ2) is 7.31. The number of rotatable bonds is 4. The third kappa shape index (κ3) is 3.20. The van der Waals surface area contributed by atoms with E-state index < -0.39 is 0 Å². The van der Waals surface area contributed by atoms with Crippen molar-refractivity contribution in [3.8, 4) is 5.75 Å². The van der Waals surface area contributed by atoms with Gasteiger partial charge in [-0.3, -0.25) is 9.69 Å². The summed E-state index contributed by atoms with van der Waals surface area (Å²) >= 11 is 0. The number of aromatic nitrogens is 1. The summed E-state index contributed by atoms with van der Waals surface area (Å²) in [6.07, 6.45) is 5.79. The van der Waals surface area contributed by atoms with Gasteiger partial charge >= 0.3 is 0 Å². The smallest absolute Gasteiger partial charge is 0.237 e. The highest BCUT2D eigenvalue weighted by molar-refractivity contribution is 5.87. The van der Waals surface area contributed by atoms with E-state index in [1.165, 1.54) is 35.9 Å². The molecule has 2 aliphatic rings. The maximum Gasteiger partial charge on any atom is 0.237 e. The Bertz CT molecular complexity index is 798. The number of piperidine rings is 1. The van der Waals surface area contributed by atoms with E-state index in [9.17, 15) is 4.79 Å². The third-order valence-corrected chi connectivity index (χ3v) is 6.09. The first-order valence-corrected chi connectivity index (χ1v) is 9.89. The quantitative estimate of drug-likeness (QED) is 0.915. The maximum absolute atomic E-state index is 13.0. The van der Waals surface area contributed by atoms with E-state index in [0.717, 1.165) is 37.2 Å². The molecule has 1 saturated heterocycles. The van der Waals surface area contributed by atoms with Crippen LogP contribution in [-0.2, 0) is 17.8 Å². The normalized spacial score (nSPS) is 21.0. The van der Waals surface area contributed by atoms with Gasteiger partial charge in [-0.15, -0.1) is 0 Å². The number of fused-ring (bicyclic) bond motifs is 3. The monoisotopic (exact) mass is 355 g/mol. The van der Waals surface area contributed by atoms with Crippen molar-refractivity contribution >= 4 is 16.8 Å². The zero-order valence-electron chi connectivity index (χ0n) is 15.9. The second-order valence-corrected chi connectivity index (χ2v) is 7.59. The molecule has 4 rings (SSSR count). The molecule has 2 aromatic rings. The summed E-state index contributed by atoms with van der Waals surface area (Å²) in [4.78, 5) is 20.9. The van der Waals surface area contributed by atoms with Gasteiger partial charge in [0.25, 0.3) is 0 Å². The van der Waals surface area contributed by atoms with Crippen LogP contribution < -0.4 is 4.74 Å². The minimum absolute atomic E-state index is 0.272. The van der Waals surface area contributed by atoms with E-state index in [1.54, 1.807) is 7.11 Å². The fourth-order valence-corrected chi connectivity index (χ4v) is 4.54. The summed E-state index contributed by atoms with van der Waals surface area (Å²) in [6, 6.07) is 6.70. The minimum Gasteiger partial charge on any atom is -0.497 e. The SMILES string of the molecule is CCC1CCCCN1CC(=O)N1CCc2[nH]c3ccc(OC)cc3c2C1. The summed E-state index contributed by atoms with van der Waals surface area (Å²) in [7, 11) is 1.69. The molecule has 0 spiro atoms. The van der Waals surface area contributed by atoms with Crippen LogP contribution in [0.1, 0.15) is 43.9 Å². The lowest BCUT2D eigenvalue weighted by molar-refractivity contribution is -0.134. The first kappa shape index (κ1) is 17.4. The van der Waals surface area contributed by atoms with Crippen molar-refractivity contribution < 1.29 is 9.53 Å². The molecule has 0 radical (unpaired) electrons. The summed E-state index contributed by atoms with van der Waals surface area (Å²) in [5.41, 5.74) is 3.65. The largest absolute Gasteiger partial charge is 0.497 e. The van der Waals surface area contributed by atoms with Gasteiger partial charge in [0.05, 0.1) is 13.7 Å².